The summed E-state index contributed by atoms with van der Waals surface area (Å²) in [5, 5.41) is 9.43. The Morgan fingerprint density at radius 1 is 1.62 bits per heavy atom. The maximum atomic E-state index is 11.0. The number of halogens is 2. The molecular formula is C8H6BrClO3. The van der Waals surface area contributed by atoms with Crippen LogP contribution in [0.4, 0.5) is 0 Å². The van der Waals surface area contributed by atoms with Gasteiger partial charge >= 0.3 is 5.97 Å². The van der Waals surface area contributed by atoms with Gasteiger partial charge in [0, 0.05) is 4.47 Å². The van der Waals surface area contributed by atoms with Gasteiger partial charge in [-0.25, -0.2) is 4.79 Å². The Labute approximate surface area is 88.4 Å². The molecule has 3 nitrogen and oxygen atoms in total. The summed E-state index contributed by atoms with van der Waals surface area (Å²) in [4.78, 5) is 11.0. The molecule has 0 spiro atoms. The van der Waals surface area contributed by atoms with Crippen LogP contribution in [0.15, 0.2) is 16.6 Å². The van der Waals surface area contributed by atoms with Crippen molar-refractivity contribution in [3.05, 3.63) is 27.2 Å². The number of carbonyl (C=O) groups excluding carboxylic acids is 1. The highest BCUT2D eigenvalue weighted by Gasteiger charge is 2.11. The number of aromatic hydroxyl groups is 1. The molecule has 0 aromatic heterocycles. The first-order valence-electron chi connectivity index (χ1n) is 3.32. The molecule has 5 heteroatoms. The van der Waals surface area contributed by atoms with Gasteiger partial charge in [0.25, 0.3) is 0 Å². The number of hydrogen-bond acceptors (Lipinski definition) is 3. The van der Waals surface area contributed by atoms with E-state index in [1.807, 2.05) is 0 Å². The first-order valence-corrected chi connectivity index (χ1v) is 4.49. The molecule has 0 bridgehead atoms. The zero-order valence-corrected chi connectivity index (χ0v) is 9.02. The van der Waals surface area contributed by atoms with E-state index in [2.05, 4.69) is 20.7 Å². The molecule has 1 aromatic carbocycles. The number of hydrogen-bond donors (Lipinski definition) is 1. The van der Waals surface area contributed by atoms with Crippen molar-refractivity contribution in [3.8, 4) is 5.75 Å². The molecule has 1 N–H and O–H groups in total. The summed E-state index contributed by atoms with van der Waals surface area (Å²) in [5.41, 5.74) is 0.247. The summed E-state index contributed by atoms with van der Waals surface area (Å²) >= 11 is 8.74. The molecule has 0 atom stereocenters. The van der Waals surface area contributed by atoms with E-state index in [0.29, 0.717) is 4.47 Å². The van der Waals surface area contributed by atoms with E-state index in [1.165, 1.54) is 19.2 Å². The zero-order chi connectivity index (χ0) is 10.0. The Bertz CT molecular complexity index is 328. The van der Waals surface area contributed by atoms with Crippen LogP contribution < -0.4 is 0 Å². The third-order valence-electron chi connectivity index (χ3n) is 1.43. The molecule has 0 radical (unpaired) electrons. The maximum Gasteiger partial charge on any atom is 0.338 e. The van der Waals surface area contributed by atoms with Crippen molar-refractivity contribution in [3.63, 3.8) is 0 Å². The Morgan fingerprint density at radius 3 is 2.69 bits per heavy atom. The van der Waals surface area contributed by atoms with Crippen LogP contribution in [0, 0.1) is 0 Å². The lowest BCUT2D eigenvalue weighted by molar-refractivity contribution is 0.0600. The molecule has 0 saturated carbocycles. The minimum absolute atomic E-state index is 0.156. The smallest absolute Gasteiger partial charge is 0.338 e. The lowest BCUT2D eigenvalue weighted by atomic mass is 10.2. The largest absolute Gasteiger partial charge is 0.506 e. The van der Waals surface area contributed by atoms with Crippen molar-refractivity contribution < 1.29 is 14.6 Å². The number of carbonyl (C=O) groups is 1. The highest BCUT2D eigenvalue weighted by Crippen LogP contribution is 2.32. The summed E-state index contributed by atoms with van der Waals surface area (Å²) in [7, 11) is 1.27. The summed E-state index contributed by atoms with van der Waals surface area (Å²) < 4.78 is 4.93. The molecule has 13 heavy (non-hydrogen) atoms. The van der Waals surface area contributed by atoms with E-state index in [0.717, 1.165) is 0 Å². The van der Waals surface area contributed by atoms with Crippen molar-refractivity contribution >= 4 is 33.5 Å². The van der Waals surface area contributed by atoms with Gasteiger partial charge in [-0.1, -0.05) is 11.6 Å². The normalized spacial score (nSPS) is 9.77. The number of methoxy groups -OCH3 is 1. The van der Waals surface area contributed by atoms with Gasteiger partial charge in [0.15, 0.2) is 0 Å². The number of phenols is 1. The van der Waals surface area contributed by atoms with Crippen LogP contribution in [0.3, 0.4) is 0 Å². The highest BCUT2D eigenvalue weighted by atomic mass is 79.9. The number of esters is 1. The molecule has 0 heterocycles. The van der Waals surface area contributed by atoms with Gasteiger partial charge in [-0.05, 0) is 28.1 Å². The number of ether oxygens (including phenoxy) is 1. The van der Waals surface area contributed by atoms with Gasteiger partial charge in [-0.2, -0.15) is 0 Å². The van der Waals surface area contributed by atoms with E-state index in [-0.39, 0.29) is 16.3 Å². The van der Waals surface area contributed by atoms with Gasteiger partial charge in [-0.15, -0.1) is 0 Å². The molecule has 1 rings (SSSR count). The van der Waals surface area contributed by atoms with Crippen LogP contribution in [-0.2, 0) is 4.74 Å². The molecule has 0 saturated heterocycles. The zero-order valence-electron chi connectivity index (χ0n) is 6.67. The number of benzene rings is 1. The third-order valence-corrected chi connectivity index (χ3v) is 2.68. The fourth-order valence-corrected chi connectivity index (χ4v) is 1.37. The molecule has 0 amide bonds. The van der Waals surface area contributed by atoms with E-state index >= 15 is 0 Å². The fraction of sp³-hybridized carbons (Fsp3) is 0.125. The van der Waals surface area contributed by atoms with Crippen LogP contribution in [-0.4, -0.2) is 18.2 Å². The predicted molar refractivity (Wildman–Crippen MR) is 52.2 cm³/mol. The Balaban J connectivity index is 3.20. The number of rotatable bonds is 1. The summed E-state index contributed by atoms with van der Waals surface area (Å²) in [6, 6.07) is 2.73. The van der Waals surface area contributed by atoms with Crippen LogP contribution in [0.2, 0.25) is 5.02 Å². The van der Waals surface area contributed by atoms with Crippen LogP contribution >= 0.6 is 27.5 Å². The SMILES string of the molecule is COC(=O)c1cc(O)c(Cl)c(Br)c1. The van der Waals surface area contributed by atoms with Gasteiger partial charge in [-0.3, -0.25) is 0 Å². The van der Waals surface area contributed by atoms with E-state index < -0.39 is 5.97 Å². The predicted octanol–water partition coefficient (Wildman–Crippen LogP) is 2.59. The van der Waals surface area contributed by atoms with E-state index in [9.17, 15) is 9.90 Å². The molecule has 70 valence electrons. The van der Waals surface area contributed by atoms with Crippen molar-refractivity contribution in [2.45, 2.75) is 0 Å². The van der Waals surface area contributed by atoms with Crippen LogP contribution in [0.1, 0.15) is 10.4 Å². The molecule has 0 unspecified atom stereocenters. The van der Waals surface area contributed by atoms with E-state index in [1.54, 1.807) is 0 Å². The maximum absolute atomic E-state index is 11.0. The number of phenolic OH excluding ortho intramolecular Hbond substituents is 1. The minimum atomic E-state index is -0.521. The second-order valence-corrected chi connectivity index (χ2v) is 3.52. The average Bonchev–Trinajstić information content (AvgIpc) is 2.12. The topological polar surface area (TPSA) is 46.5 Å². The summed E-state index contributed by atoms with van der Waals surface area (Å²) in [6.07, 6.45) is 0. The second kappa shape index (κ2) is 3.98. The molecule has 0 aliphatic carbocycles. The Hall–Kier alpha value is -0.740. The van der Waals surface area contributed by atoms with Crippen molar-refractivity contribution in [1.82, 2.24) is 0 Å². The lowest BCUT2D eigenvalue weighted by Crippen LogP contribution is -2.00. The molecule has 0 aliphatic rings. The van der Waals surface area contributed by atoms with Gasteiger partial charge < -0.3 is 9.84 Å². The third kappa shape index (κ3) is 2.14. The summed E-state index contributed by atoms with van der Waals surface area (Å²) in [5.74, 6) is -0.677. The Kier molecular flexibility index (Phi) is 3.17. The average molecular weight is 265 g/mol. The molecule has 0 aliphatic heterocycles. The fourth-order valence-electron chi connectivity index (χ4n) is 0.810. The molecule has 1 aromatic rings. The van der Waals surface area contributed by atoms with Gasteiger partial charge in [0.1, 0.15) is 5.75 Å². The highest BCUT2D eigenvalue weighted by molar-refractivity contribution is 9.10. The van der Waals surface area contributed by atoms with Gasteiger partial charge in [0.2, 0.25) is 0 Å². The van der Waals surface area contributed by atoms with Crippen LogP contribution in [0.25, 0.3) is 0 Å². The first-order chi connectivity index (χ1) is 6.06. The lowest BCUT2D eigenvalue weighted by Gasteiger charge is -2.03. The standard InChI is InChI=1S/C8H6BrClO3/c1-13-8(12)4-2-5(9)7(10)6(11)3-4/h2-3,11H,1H3. The van der Waals surface area contributed by atoms with Gasteiger partial charge in [0.05, 0.1) is 17.7 Å². The summed E-state index contributed by atoms with van der Waals surface area (Å²) in [6.45, 7) is 0. The molecular weight excluding hydrogens is 259 g/mol. The van der Waals surface area contributed by atoms with Crippen LogP contribution in [0.5, 0.6) is 5.75 Å². The van der Waals surface area contributed by atoms with Crippen molar-refractivity contribution in [2.24, 2.45) is 0 Å². The molecule has 0 fully saturated rings. The van der Waals surface area contributed by atoms with Crippen molar-refractivity contribution in [2.75, 3.05) is 7.11 Å². The minimum Gasteiger partial charge on any atom is -0.506 e. The monoisotopic (exact) mass is 264 g/mol. The van der Waals surface area contributed by atoms with Crippen molar-refractivity contribution in [1.29, 1.82) is 0 Å². The Morgan fingerprint density at radius 2 is 2.23 bits per heavy atom. The first kappa shape index (κ1) is 10.3. The van der Waals surface area contributed by atoms with E-state index in [4.69, 9.17) is 11.6 Å². The quantitative estimate of drug-likeness (QED) is 0.794. The second-order valence-electron chi connectivity index (χ2n) is 2.28.